The number of benzene rings is 1. The number of nitrogens with zero attached hydrogens (tertiary/aromatic N) is 2. The van der Waals surface area contributed by atoms with Crippen LogP contribution in [-0.4, -0.2) is 24.6 Å². The summed E-state index contributed by atoms with van der Waals surface area (Å²) in [5, 5.41) is 3.47. The van der Waals surface area contributed by atoms with Crippen LogP contribution in [0.4, 0.5) is 11.4 Å². The minimum Gasteiger partial charge on any atom is -0.385 e. The van der Waals surface area contributed by atoms with Gasteiger partial charge >= 0.3 is 0 Å². The van der Waals surface area contributed by atoms with Crippen molar-refractivity contribution in [2.45, 2.75) is 27.2 Å². The average Bonchev–Trinajstić information content (AvgIpc) is 2.87. The molecule has 1 aromatic heterocycles. The summed E-state index contributed by atoms with van der Waals surface area (Å²) in [6.45, 7) is 9.50. The maximum absolute atomic E-state index is 4.28. The van der Waals surface area contributed by atoms with Crippen molar-refractivity contribution >= 4 is 22.7 Å². The van der Waals surface area contributed by atoms with E-state index in [-0.39, 0.29) is 0 Å². The second-order valence-electron chi connectivity index (χ2n) is 4.76. The Bertz CT molecular complexity index is 515. The van der Waals surface area contributed by atoms with Crippen LogP contribution in [0.1, 0.15) is 24.4 Å². The van der Waals surface area contributed by atoms with E-state index >= 15 is 0 Å². The number of rotatable bonds is 7. The number of aryl methyl sites for hydroxylation is 1. The molecule has 0 spiro atoms. The largest absolute Gasteiger partial charge is 0.385 e. The van der Waals surface area contributed by atoms with Gasteiger partial charge in [0.05, 0.1) is 11.2 Å². The monoisotopic (exact) mass is 289 g/mol. The fourth-order valence-electron chi connectivity index (χ4n) is 2.27. The predicted molar refractivity (Wildman–Crippen MR) is 89.0 cm³/mol. The molecular weight excluding hydrogens is 266 g/mol. The van der Waals surface area contributed by atoms with Crippen LogP contribution in [-0.2, 0) is 6.42 Å². The first-order valence-electron chi connectivity index (χ1n) is 7.22. The number of hydrogen-bond acceptors (Lipinski definition) is 4. The highest BCUT2D eigenvalue weighted by Crippen LogP contribution is 2.18. The molecule has 0 aliphatic heterocycles. The normalized spacial score (nSPS) is 10.6. The Morgan fingerprint density at radius 1 is 1.15 bits per heavy atom. The maximum atomic E-state index is 4.28. The first-order valence-corrected chi connectivity index (χ1v) is 8.10. The predicted octanol–water partition coefficient (Wildman–Crippen LogP) is 3.95. The molecule has 0 aliphatic rings. The summed E-state index contributed by atoms with van der Waals surface area (Å²) >= 11 is 1.74. The van der Waals surface area contributed by atoms with Crippen LogP contribution in [0, 0.1) is 6.92 Å². The molecule has 4 heteroatoms. The van der Waals surface area contributed by atoms with Crippen molar-refractivity contribution in [1.29, 1.82) is 0 Å². The van der Waals surface area contributed by atoms with Crippen molar-refractivity contribution in [3.63, 3.8) is 0 Å². The lowest BCUT2D eigenvalue weighted by molar-refractivity contribution is 0.866. The Balaban J connectivity index is 1.86. The smallest absolute Gasteiger partial charge is 0.0797 e. The molecule has 0 amide bonds. The van der Waals surface area contributed by atoms with Crippen molar-refractivity contribution < 1.29 is 0 Å². The van der Waals surface area contributed by atoms with E-state index in [1.165, 1.54) is 16.3 Å². The van der Waals surface area contributed by atoms with E-state index in [1.807, 2.05) is 5.51 Å². The molecule has 0 fully saturated rings. The molecule has 108 valence electrons. The molecule has 20 heavy (non-hydrogen) atoms. The summed E-state index contributed by atoms with van der Waals surface area (Å²) in [6, 6.07) is 8.70. The molecule has 0 aliphatic carbocycles. The van der Waals surface area contributed by atoms with Crippen molar-refractivity contribution in [2.75, 3.05) is 29.9 Å². The first kappa shape index (κ1) is 14.9. The van der Waals surface area contributed by atoms with E-state index in [4.69, 9.17) is 0 Å². The number of anilines is 2. The molecule has 0 radical (unpaired) electrons. The van der Waals surface area contributed by atoms with Gasteiger partial charge in [-0.3, -0.25) is 0 Å². The molecule has 2 rings (SSSR count). The standard InChI is InChI=1S/C16H23N3S/c1-4-19(5-2)15-8-6-14(7-9-15)17-11-10-16-13(3)18-12-20-16/h6-9,12,17H,4-5,10-11H2,1-3H3. The van der Waals surface area contributed by atoms with Crippen LogP contribution in [0.5, 0.6) is 0 Å². The highest BCUT2D eigenvalue weighted by molar-refractivity contribution is 7.09. The van der Waals surface area contributed by atoms with Gasteiger partial charge in [-0.05, 0) is 45.0 Å². The van der Waals surface area contributed by atoms with Gasteiger partial charge < -0.3 is 10.2 Å². The van der Waals surface area contributed by atoms with E-state index in [1.54, 1.807) is 11.3 Å². The minimum absolute atomic E-state index is 0.952. The second kappa shape index (κ2) is 7.29. The number of thiazole rings is 1. The SMILES string of the molecule is CCN(CC)c1ccc(NCCc2scnc2C)cc1. The van der Waals surface area contributed by atoms with Crippen LogP contribution in [0.2, 0.25) is 0 Å². The molecule has 1 N–H and O–H groups in total. The first-order chi connectivity index (χ1) is 9.74. The van der Waals surface area contributed by atoms with Gasteiger partial charge in [0, 0.05) is 42.3 Å². The summed E-state index contributed by atoms with van der Waals surface area (Å²) in [4.78, 5) is 8.00. The Morgan fingerprint density at radius 2 is 1.85 bits per heavy atom. The average molecular weight is 289 g/mol. The van der Waals surface area contributed by atoms with Gasteiger partial charge in [-0.25, -0.2) is 4.98 Å². The summed E-state index contributed by atoms with van der Waals surface area (Å²) in [7, 11) is 0. The molecule has 0 bridgehead atoms. The van der Waals surface area contributed by atoms with Gasteiger partial charge in [0.15, 0.2) is 0 Å². The Labute approximate surface area is 125 Å². The fourth-order valence-corrected chi connectivity index (χ4v) is 3.05. The minimum atomic E-state index is 0.952. The molecule has 2 aromatic rings. The highest BCUT2D eigenvalue weighted by atomic mass is 32.1. The van der Waals surface area contributed by atoms with E-state index in [2.05, 4.69) is 60.2 Å². The van der Waals surface area contributed by atoms with E-state index in [0.717, 1.165) is 31.7 Å². The third-order valence-corrected chi connectivity index (χ3v) is 4.52. The quantitative estimate of drug-likeness (QED) is 0.836. The fraction of sp³-hybridized carbons (Fsp3) is 0.438. The van der Waals surface area contributed by atoms with Gasteiger partial charge in [-0.15, -0.1) is 11.3 Å². The van der Waals surface area contributed by atoms with E-state index < -0.39 is 0 Å². The molecule has 1 aromatic carbocycles. The zero-order valence-corrected chi connectivity index (χ0v) is 13.3. The van der Waals surface area contributed by atoms with Crippen molar-refractivity contribution in [2.24, 2.45) is 0 Å². The van der Waals surface area contributed by atoms with Crippen LogP contribution >= 0.6 is 11.3 Å². The second-order valence-corrected chi connectivity index (χ2v) is 5.70. The number of hydrogen-bond donors (Lipinski definition) is 1. The van der Waals surface area contributed by atoms with Crippen LogP contribution in [0.15, 0.2) is 29.8 Å². The van der Waals surface area contributed by atoms with Gasteiger partial charge in [0.1, 0.15) is 0 Å². The Morgan fingerprint density at radius 3 is 2.40 bits per heavy atom. The van der Waals surface area contributed by atoms with Gasteiger partial charge in [-0.2, -0.15) is 0 Å². The molecule has 0 saturated heterocycles. The molecular formula is C16H23N3S. The van der Waals surface area contributed by atoms with Gasteiger partial charge in [-0.1, -0.05) is 0 Å². The number of aromatic nitrogens is 1. The summed E-state index contributed by atoms with van der Waals surface area (Å²) in [6.07, 6.45) is 1.04. The van der Waals surface area contributed by atoms with Crippen LogP contribution in [0.3, 0.4) is 0 Å². The van der Waals surface area contributed by atoms with Crippen LogP contribution < -0.4 is 10.2 Å². The maximum Gasteiger partial charge on any atom is 0.0797 e. The van der Waals surface area contributed by atoms with E-state index in [9.17, 15) is 0 Å². The molecule has 0 atom stereocenters. The highest BCUT2D eigenvalue weighted by Gasteiger charge is 2.02. The third-order valence-electron chi connectivity index (χ3n) is 3.52. The molecule has 0 saturated carbocycles. The summed E-state index contributed by atoms with van der Waals surface area (Å²) in [5.41, 5.74) is 5.56. The van der Waals surface area contributed by atoms with Crippen molar-refractivity contribution in [3.8, 4) is 0 Å². The van der Waals surface area contributed by atoms with Gasteiger partial charge in [0.2, 0.25) is 0 Å². The third kappa shape index (κ3) is 3.73. The Hall–Kier alpha value is -1.55. The van der Waals surface area contributed by atoms with Crippen molar-refractivity contribution in [1.82, 2.24) is 4.98 Å². The lowest BCUT2D eigenvalue weighted by atomic mass is 10.2. The Kier molecular flexibility index (Phi) is 5.41. The van der Waals surface area contributed by atoms with Crippen molar-refractivity contribution in [3.05, 3.63) is 40.3 Å². The molecule has 0 unspecified atom stereocenters. The zero-order valence-electron chi connectivity index (χ0n) is 12.5. The van der Waals surface area contributed by atoms with E-state index in [0.29, 0.717) is 0 Å². The molecule has 3 nitrogen and oxygen atoms in total. The summed E-state index contributed by atoms with van der Waals surface area (Å²) < 4.78 is 0. The summed E-state index contributed by atoms with van der Waals surface area (Å²) in [5.74, 6) is 0. The molecule has 1 heterocycles. The van der Waals surface area contributed by atoms with Crippen LogP contribution in [0.25, 0.3) is 0 Å². The van der Waals surface area contributed by atoms with Gasteiger partial charge in [0.25, 0.3) is 0 Å². The zero-order chi connectivity index (χ0) is 14.4. The topological polar surface area (TPSA) is 28.2 Å². The number of nitrogens with one attached hydrogen (secondary N) is 1. The lowest BCUT2D eigenvalue weighted by Gasteiger charge is -2.21. The lowest BCUT2D eigenvalue weighted by Crippen LogP contribution is -2.21.